The van der Waals surface area contributed by atoms with Gasteiger partial charge in [-0.05, 0) is 50.8 Å². The van der Waals surface area contributed by atoms with Crippen LogP contribution in [-0.2, 0) is 16.1 Å². The van der Waals surface area contributed by atoms with E-state index in [-0.39, 0.29) is 18.2 Å². The second-order valence-electron chi connectivity index (χ2n) is 6.90. The van der Waals surface area contributed by atoms with Crippen molar-refractivity contribution < 1.29 is 9.53 Å². The topological polar surface area (TPSA) is 61.2 Å². The minimum absolute atomic E-state index is 0.132. The van der Waals surface area contributed by atoms with E-state index in [2.05, 4.69) is 31.0 Å². The zero-order chi connectivity index (χ0) is 19.7. The van der Waals surface area contributed by atoms with E-state index in [0.717, 1.165) is 22.4 Å². The van der Waals surface area contributed by atoms with E-state index in [1.54, 1.807) is 0 Å². The number of aryl methyl sites for hydroxylation is 3. The highest BCUT2D eigenvalue weighted by molar-refractivity contribution is 7.19. The van der Waals surface area contributed by atoms with Crippen molar-refractivity contribution in [3.05, 3.63) is 50.9 Å². The molecule has 5 nitrogen and oxygen atoms in total. The first-order chi connectivity index (χ1) is 12.8. The molecule has 0 spiro atoms. The molecule has 0 aliphatic carbocycles. The van der Waals surface area contributed by atoms with Crippen molar-refractivity contribution in [3.8, 4) is 11.1 Å². The summed E-state index contributed by atoms with van der Waals surface area (Å²) in [6, 6.07) is 6.19. The smallest absolute Gasteiger partial charge is 0.326 e. The van der Waals surface area contributed by atoms with E-state index < -0.39 is 5.97 Å². The van der Waals surface area contributed by atoms with Crippen LogP contribution in [0.15, 0.2) is 29.3 Å². The summed E-state index contributed by atoms with van der Waals surface area (Å²) in [5.41, 5.74) is 4.08. The third kappa shape index (κ3) is 3.81. The van der Waals surface area contributed by atoms with Gasteiger partial charge in [0.05, 0.1) is 17.8 Å². The lowest BCUT2D eigenvalue weighted by molar-refractivity contribution is -0.149. The molecule has 0 aliphatic heterocycles. The molecule has 0 N–H and O–H groups in total. The summed E-state index contributed by atoms with van der Waals surface area (Å²) in [7, 11) is 0. The molecule has 3 aromatic rings. The standard InChI is InChI=1S/C21H24N2O3S/c1-6-14(4)26-17(24)10-23-11-22-20-19(21(23)25)18(15(5)27-20)16-8-7-12(2)13(3)9-16/h7-9,11,14H,6,10H2,1-5H3. The molecule has 3 rings (SSSR count). The normalized spacial score (nSPS) is 12.3. The Morgan fingerprint density at radius 3 is 2.67 bits per heavy atom. The first-order valence-electron chi connectivity index (χ1n) is 9.07. The first-order valence-corrected chi connectivity index (χ1v) is 9.89. The number of aromatic nitrogens is 2. The van der Waals surface area contributed by atoms with Crippen LogP contribution in [0, 0.1) is 20.8 Å². The maximum atomic E-state index is 13.1. The molecule has 0 radical (unpaired) electrons. The van der Waals surface area contributed by atoms with Gasteiger partial charge < -0.3 is 4.74 Å². The highest BCUT2D eigenvalue weighted by atomic mass is 32.1. The molecule has 1 unspecified atom stereocenters. The van der Waals surface area contributed by atoms with E-state index in [1.807, 2.05) is 26.8 Å². The Balaban J connectivity index is 2.08. The summed E-state index contributed by atoms with van der Waals surface area (Å²) in [6.07, 6.45) is 2.00. The number of benzene rings is 1. The Morgan fingerprint density at radius 1 is 1.26 bits per heavy atom. The van der Waals surface area contributed by atoms with E-state index in [0.29, 0.717) is 10.2 Å². The number of thiophene rings is 1. The van der Waals surface area contributed by atoms with Gasteiger partial charge in [-0.15, -0.1) is 11.3 Å². The van der Waals surface area contributed by atoms with Gasteiger partial charge in [-0.3, -0.25) is 14.2 Å². The summed E-state index contributed by atoms with van der Waals surface area (Å²) in [5.74, 6) is -0.424. The average Bonchev–Trinajstić information content (AvgIpc) is 2.96. The first kappa shape index (κ1) is 19.3. The van der Waals surface area contributed by atoms with Crippen molar-refractivity contribution in [2.45, 2.75) is 53.7 Å². The Kier molecular flexibility index (Phi) is 5.46. The Labute approximate surface area is 162 Å². The largest absolute Gasteiger partial charge is 0.461 e. The zero-order valence-electron chi connectivity index (χ0n) is 16.3. The van der Waals surface area contributed by atoms with Gasteiger partial charge in [-0.1, -0.05) is 25.1 Å². The van der Waals surface area contributed by atoms with E-state index in [9.17, 15) is 9.59 Å². The molecule has 0 aliphatic rings. The van der Waals surface area contributed by atoms with E-state index in [1.165, 1.54) is 33.4 Å². The number of fused-ring (bicyclic) bond motifs is 1. The minimum Gasteiger partial charge on any atom is -0.461 e. The quantitative estimate of drug-likeness (QED) is 0.612. The number of hydrogen-bond donors (Lipinski definition) is 0. The van der Waals surface area contributed by atoms with Crippen molar-refractivity contribution in [2.24, 2.45) is 0 Å². The molecule has 6 heteroatoms. The van der Waals surface area contributed by atoms with Gasteiger partial charge in [0.2, 0.25) is 0 Å². The molecule has 27 heavy (non-hydrogen) atoms. The van der Waals surface area contributed by atoms with Crippen LogP contribution in [0.25, 0.3) is 21.3 Å². The lowest BCUT2D eigenvalue weighted by atomic mass is 9.99. The molecule has 142 valence electrons. The third-order valence-electron chi connectivity index (χ3n) is 4.86. The van der Waals surface area contributed by atoms with Gasteiger partial charge in [-0.2, -0.15) is 0 Å². The minimum atomic E-state index is -0.424. The van der Waals surface area contributed by atoms with Gasteiger partial charge in [0.15, 0.2) is 0 Å². The SMILES string of the molecule is CCC(C)OC(=O)Cn1cnc2sc(C)c(-c3ccc(C)c(C)c3)c2c1=O. The number of carbonyl (C=O) groups is 1. The van der Waals surface area contributed by atoms with Crippen LogP contribution in [0.1, 0.15) is 36.3 Å². The second kappa shape index (κ2) is 7.64. The van der Waals surface area contributed by atoms with Crippen LogP contribution in [0.4, 0.5) is 0 Å². The highest BCUT2D eigenvalue weighted by Crippen LogP contribution is 2.36. The summed E-state index contributed by atoms with van der Waals surface area (Å²) in [6.45, 7) is 9.77. The maximum absolute atomic E-state index is 13.1. The molecule has 0 fully saturated rings. The molecule has 0 saturated heterocycles. The monoisotopic (exact) mass is 384 g/mol. The molecule has 2 aromatic heterocycles. The molecule has 1 atom stereocenters. The average molecular weight is 385 g/mol. The van der Waals surface area contributed by atoms with Gasteiger partial charge in [0.25, 0.3) is 5.56 Å². The summed E-state index contributed by atoms with van der Waals surface area (Å²) >= 11 is 1.50. The fourth-order valence-corrected chi connectivity index (χ4v) is 3.98. The van der Waals surface area contributed by atoms with Crippen molar-refractivity contribution in [1.82, 2.24) is 9.55 Å². The second-order valence-corrected chi connectivity index (χ2v) is 8.10. The molecule has 0 amide bonds. The summed E-state index contributed by atoms with van der Waals surface area (Å²) < 4.78 is 6.63. The maximum Gasteiger partial charge on any atom is 0.326 e. The number of esters is 1. The van der Waals surface area contributed by atoms with Crippen LogP contribution in [0.2, 0.25) is 0 Å². The third-order valence-corrected chi connectivity index (χ3v) is 5.87. The number of nitrogens with zero attached hydrogens (tertiary/aromatic N) is 2. The zero-order valence-corrected chi connectivity index (χ0v) is 17.1. The molecular weight excluding hydrogens is 360 g/mol. The number of rotatable bonds is 5. The lowest BCUT2D eigenvalue weighted by Gasteiger charge is -2.12. The van der Waals surface area contributed by atoms with Crippen LogP contribution < -0.4 is 5.56 Å². The molecule has 1 aromatic carbocycles. The van der Waals surface area contributed by atoms with Crippen molar-refractivity contribution in [2.75, 3.05) is 0 Å². The highest BCUT2D eigenvalue weighted by Gasteiger charge is 2.18. The number of carbonyl (C=O) groups excluding carboxylic acids is 1. The van der Waals surface area contributed by atoms with E-state index >= 15 is 0 Å². The van der Waals surface area contributed by atoms with Crippen LogP contribution in [0.5, 0.6) is 0 Å². The fraction of sp³-hybridized carbons (Fsp3) is 0.381. The van der Waals surface area contributed by atoms with Crippen LogP contribution in [0.3, 0.4) is 0 Å². The van der Waals surface area contributed by atoms with E-state index in [4.69, 9.17) is 4.74 Å². The van der Waals surface area contributed by atoms with Crippen LogP contribution in [-0.4, -0.2) is 21.6 Å². The Bertz CT molecular complexity index is 1070. The van der Waals surface area contributed by atoms with Crippen LogP contribution >= 0.6 is 11.3 Å². The van der Waals surface area contributed by atoms with Crippen molar-refractivity contribution in [1.29, 1.82) is 0 Å². The van der Waals surface area contributed by atoms with Gasteiger partial charge in [0, 0.05) is 10.4 Å². The molecule has 0 saturated carbocycles. The Hall–Kier alpha value is -2.47. The van der Waals surface area contributed by atoms with Crippen molar-refractivity contribution in [3.63, 3.8) is 0 Å². The molecular formula is C21H24N2O3S. The molecule has 2 heterocycles. The van der Waals surface area contributed by atoms with Crippen molar-refractivity contribution >= 4 is 27.5 Å². The van der Waals surface area contributed by atoms with Gasteiger partial charge in [0.1, 0.15) is 11.4 Å². The predicted molar refractivity (Wildman–Crippen MR) is 109 cm³/mol. The van der Waals surface area contributed by atoms with Gasteiger partial charge in [-0.25, -0.2) is 4.98 Å². The summed E-state index contributed by atoms with van der Waals surface area (Å²) in [4.78, 5) is 31.4. The predicted octanol–water partition coefficient (Wildman–Crippen LogP) is 4.39. The fourth-order valence-electron chi connectivity index (χ4n) is 2.98. The lowest BCUT2D eigenvalue weighted by Crippen LogP contribution is -2.27. The number of hydrogen-bond acceptors (Lipinski definition) is 5. The Morgan fingerprint density at radius 2 is 2.00 bits per heavy atom. The number of ether oxygens (including phenoxy) is 1. The van der Waals surface area contributed by atoms with Gasteiger partial charge >= 0.3 is 5.97 Å². The summed E-state index contributed by atoms with van der Waals surface area (Å²) in [5, 5.41) is 0.569. The molecule has 0 bridgehead atoms.